The third-order valence-corrected chi connectivity index (χ3v) is 16.6. The second-order valence-electron chi connectivity index (χ2n) is 22.2. The van der Waals surface area contributed by atoms with Crippen molar-refractivity contribution in [2.75, 3.05) is 25.6 Å². The van der Waals surface area contributed by atoms with Crippen molar-refractivity contribution in [3.8, 4) is 0 Å². The van der Waals surface area contributed by atoms with Crippen molar-refractivity contribution in [2.24, 2.45) is 11.8 Å². The quantitative estimate of drug-likeness (QED) is 0.0231. The molecular formula is C56H105N3O15P2. The summed E-state index contributed by atoms with van der Waals surface area (Å²) in [7, 11) is -10.8. The first-order chi connectivity index (χ1) is 36.4. The Hall–Kier alpha value is -2.24. The van der Waals surface area contributed by atoms with Crippen LogP contribution >= 0.6 is 15.6 Å². The molecule has 1 aliphatic rings. The van der Waals surface area contributed by atoms with Crippen molar-refractivity contribution >= 4 is 33.4 Å². The zero-order valence-corrected chi connectivity index (χ0v) is 49.2. The van der Waals surface area contributed by atoms with Gasteiger partial charge >= 0.3 is 33.3 Å². The number of carbonyl (C=O) groups excluding carboxylic acids is 2. The van der Waals surface area contributed by atoms with Crippen molar-refractivity contribution in [3.05, 3.63) is 22.7 Å². The van der Waals surface area contributed by atoms with Crippen LogP contribution in [0.1, 0.15) is 265 Å². The number of carbonyl (C=O) groups is 2. The van der Waals surface area contributed by atoms with Crippen LogP contribution in [0, 0.1) is 11.8 Å². The Morgan fingerprint density at radius 3 is 1.38 bits per heavy atom. The van der Waals surface area contributed by atoms with Gasteiger partial charge in [0.25, 0.3) is 0 Å². The van der Waals surface area contributed by atoms with E-state index in [0.29, 0.717) is 12.8 Å². The number of hydrogen-bond donors (Lipinski definition) is 5. The standard InChI is InChI=1S/C56H105N3O15P2/c1-46(2)37-33-29-25-21-17-13-9-7-5-6-8-10-15-19-23-27-31-35-39-51(60)69-43-48(72-52(61)40-36-32-28-24-20-16-12-11-14-18-22-26-30-34-38-47(3)4)44-70-75(65,66)74-76(67,68)71-45-49-53(62)54(63)55(73-49)59-42-41-50(57)58-56(59)64/h41-42,46-49,53-55,62-63H,5-40,43-45H2,1-4H3,(H,65,66)(H,67,68)(H2,57,58,64)/t48-,49-,53+,54?,55-/m1/s1. The third-order valence-electron chi connectivity index (χ3n) is 14.0. The van der Waals surface area contributed by atoms with Gasteiger partial charge in [-0.05, 0) is 30.7 Å². The number of aliphatic hydroxyl groups is 2. The van der Waals surface area contributed by atoms with Crippen LogP contribution in [0.25, 0.3) is 0 Å². The van der Waals surface area contributed by atoms with Crippen LogP contribution in [0.4, 0.5) is 5.82 Å². The summed E-state index contributed by atoms with van der Waals surface area (Å²) in [6, 6.07) is 1.25. The molecule has 1 aromatic heterocycles. The molecule has 6 N–H and O–H groups in total. The van der Waals surface area contributed by atoms with E-state index in [1.54, 1.807) is 0 Å². The normalized spacial score (nSPS) is 18.8. The summed E-state index contributed by atoms with van der Waals surface area (Å²) in [4.78, 5) is 62.2. The topological polar surface area (TPSA) is 265 Å². The number of nitrogens with zero attached hydrogens (tertiary/aromatic N) is 2. The van der Waals surface area contributed by atoms with E-state index in [9.17, 15) is 43.5 Å². The average Bonchev–Trinajstić information content (AvgIpc) is 3.64. The summed E-state index contributed by atoms with van der Waals surface area (Å²) in [6.07, 6.45) is 34.6. The van der Waals surface area contributed by atoms with E-state index in [0.717, 1.165) is 61.3 Å². The number of hydrogen-bond acceptors (Lipinski definition) is 15. The smallest absolute Gasteiger partial charge is 0.462 e. The molecule has 0 bridgehead atoms. The number of rotatable bonds is 50. The summed E-state index contributed by atoms with van der Waals surface area (Å²) < 4.78 is 57.1. The Balaban J connectivity index is 1.72. The van der Waals surface area contributed by atoms with E-state index in [2.05, 4.69) is 37.0 Å². The lowest BCUT2D eigenvalue weighted by molar-refractivity contribution is -0.161. The fourth-order valence-electron chi connectivity index (χ4n) is 9.45. The minimum absolute atomic E-state index is 0.0576. The van der Waals surface area contributed by atoms with Crippen LogP contribution in [0.5, 0.6) is 0 Å². The number of ether oxygens (including phenoxy) is 3. The molecule has 0 amide bonds. The molecule has 2 heterocycles. The molecule has 76 heavy (non-hydrogen) atoms. The molecule has 0 spiro atoms. The van der Waals surface area contributed by atoms with Gasteiger partial charge in [-0.3, -0.25) is 23.2 Å². The molecule has 0 saturated carbocycles. The number of anilines is 1. The van der Waals surface area contributed by atoms with Crippen LogP contribution in [0.15, 0.2) is 17.1 Å². The molecule has 1 aromatic rings. The molecule has 3 unspecified atom stereocenters. The summed E-state index contributed by atoms with van der Waals surface area (Å²) in [5, 5.41) is 21.0. The first-order valence-electron chi connectivity index (χ1n) is 29.8. The lowest BCUT2D eigenvalue weighted by atomic mass is 10.0. The Labute approximate surface area is 457 Å². The number of nitrogen functional groups attached to an aromatic ring is 1. The van der Waals surface area contributed by atoms with Crippen molar-refractivity contribution in [1.29, 1.82) is 0 Å². The fourth-order valence-corrected chi connectivity index (χ4v) is 11.6. The van der Waals surface area contributed by atoms with Crippen LogP contribution in [0.3, 0.4) is 0 Å². The number of phosphoric ester groups is 2. The van der Waals surface area contributed by atoms with Gasteiger partial charge in [0, 0.05) is 19.0 Å². The predicted molar refractivity (Wildman–Crippen MR) is 298 cm³/mol. The van der Waals surface area contributed by atoms with E-state index in [1.807, 2.05) is 0 Å². The highest BCUT2D eigenvalue weighted by molar-refractivity contribution is 7.61. The second-order valence-corrected chi connectivity index (χ2v) is 25.2. The highest BCUT2D eigenvalue weighted by Gasteiger charge is 2.46. The van der Waals surface area contributed by atoms with Crippen molar-refractivity contribution in [2.45, 2.75) is 289 Å². The summed E-state index contributed by atoms with van der Waals surface area (Å²) >= 11 is 0. The molecule has 18 nitrogen and oxygen atoms in total. The molecule has 0 radical (unpaired) electrons. The SMILES string of the molecule is CC(C)CCCCCCCCCCCCCCCCCCCCC(=O)OC[C@H](COP(=O)(O)OP(=O)(O)OC[C@H]1O[C@@H](n2ccc(N)nc2=O)C(O)[C@H]1O)OC(=O)CCCCCCCCCCCCCCCCC(C)C. The summed E-state index contributed by atoms with van der Waals surface area (Å²) in [5.74, 6) is 0.347. The van der Waals surface area contributed by atoms with Crippen LogP contribution in [-0.4, -0.2) is 85.7 Å². The first-order valence-corrected chi connectivity index (χ1v) is 32.8. The third kappa shape index (κ3) is 36.1. The highest BCUT2D eigenvalue weighted by Crippen LogP contribution is 2.60. The molecule has 444 valence electrons. The molecular weight excluding hydrogens is 1020 g/mol. The van der Waals surface area contributed by atoms with Gasteiger partial charge in [0.15, 0.2) is 12.3 Å². The molecule has 2 rings (SSSR count). The molecule has 0 aliphatic carbocycles. The van der Waals surface area contributed by atoms with Gasteiger partial charge in [0.1, 0.15) is 30.7 Å². The average molecular weight is 1120 g/mol. The Morgan fingerprint density at radius 2 is 0.974 bits per heavy atom. The molecule has 20 heteroatoms. The second kappa shape index (κ2) is 42.6. The van der Waals surface area contributed by atoms with Crippen molar-refractivity contribution < 1.29 is 66.3 Å². The summed E-state index contributed by atoms with van der Waals surface area (Å²) in [6.45, 7) is 6.89. The number of aliphatic hydroxyl groups excluding tert-OH is 2. The number of esters is 2. The largest absolute Gasteiger partial charge is 0.481 e. The van der Waals surface area contributed by atoms with E-state index in [-0.39, 0.29) is 18.7 Å². The minimum Gasteiger partial charge on any atom is -0.462 e. The van der Waals surface area contributed by atoms with Crippen molar-refractivity contribution in [3.63, 3.8) is 0 Å². The molecule has 7 atom stereocenters. The van der Waals surface area contributed by atoms with E-state index >= 15 is 0 Å². The molecule has 1 fully saturated rings. The van der Waals surface area contributed by atoms with Crippen molar-refractivity contribution in [1.82, 2.24) is 9.55 Å². The predicted octanol–water partition coefficient (Wildman–Crippen LogP) is 13.5. The molecule has 1 aliphatic heterocycles. The van der Waals surface area contributed by atoms with E-state index < -0.39 is 83.7 Å². The minimum atomic E-state index is -5.42. The molecule has 1 saturated heterocycles. The van der Waals surface area contributed by atoms with Gasteiger partial charge in [0.2, 0.25) is 0 Å². The number of unbranched alkanes of at least 4 members (excludes halogenated alkanes) is 30. The fraction of sp³-hybridized carbons (Fsp3) is 0.893. The van der Waals surface area contributed by atoms with Gasteiger partial charge in [-0.1, -0.05) is 233 Å². The van der Waals surface area contributed by atoms with Gasteiger partial charge in [-0.2, -0.15) is 9.29 Å². The van der Waals surface area contributed by atoms with Gasteiger partial charge in [-0.15, -0.1) is 0 Å². The Bertz CT molecular complexity index is 1810. The van der Waals surface area contributed by atoms with E-state index in [4.69, 9.17) is 29.0 Å². The maximum absolute atomic E-state index is 12.9. The number of aromatic nitrogens is 2. The zero-order chi connectivity index (χ0) is 55.9. The van der Waals surface area contributed by atoms with Gasteiger partial charge in [0.05, 0.1) is 13.2 Å². The lowest BCUT2D eigenvalue weighted by Crippen LogP contribution is -2.36. The van der Waals surface area contributed by atoms with Crippen LogP contribution in [-0.2, 0) is 46.3 Å². The monoisotopic (exact) mass is 1120 g/mol. The lowest BCUT2D eigenvalue weighted by Gasteiger charge is -2.21. The molecule has 0 aromatic carbocycles. The first kappa shape index (κ1) is 69.9. The Kier molecular flexibility index (Phi) is 39.2. The Morgan fingerprint density at radius 1 is 0.592 bits per heavy atom. The van der Waals surface area contributed by atoms with Crippen LogP contribution < -0.4 is 11.4 Å². The van der Waals surface area contributed by atoms with Gasteiger partial charge < -0.3 is 39.9 Å². The van der Waals surface area contributed by atoms with E-state index in [1.165, 1.54) is 173 Å². The highest BCUT2D eigenvalue weighted by atomic mass is 31.3. The van der Waals surface area contributed by atoms with Crippen LogP contribution in [0.2, 0.25) is 0 Å². The maximum atomic E-state index is 12.9. The number of phosphoric acid groups is 2. The zero-order valence-electron chi connectivity index (χ0n) is 47.4. The maximum Gasteiger partial charge on any atom is 0.481 e. The number of nitrogens with two attached hydrogens (primary N) is 1. The van der Waals surface area contributed by atoms with Gasteiger partial charge in [-0.25, -0.2) is 13.9 Å². The summed E-state index contributed by atoms with van der Waals surface area (Å²) in [5.41, 5.74) is 4.61.